The second-order valence-corrected chi connectivity index (χ2v) is 5.47. The Morgan fingerprint density at radius 1 is 0.857 bits per heavy atom. The number of aryl methyl sites for hydroxylation is 2. The zero-order valence-corrected chi connectivity index (χ0v) is 12.7. The second-order valence-electron chi connectivity index (χ2n) is 5.08. The third kappa shape index (κ3) is 2.96. The zero-order valence-electron chi connectivity index (χ0n) is 12.0. The largest absolute Gasteiger partial charge is 0.228 e. The molecule has 0 fully saturated rings. The van der Waals surface area contributed by atoms with Crippen LogP contribution in [0.2, 0.25) is 5.15 Å². The van der Waals surface area contributed by atoms with E-state index >= 15 is 0 Å². The van der Waals surface area contributed by atoms with E-state index in [1.165, 1.54) is 11.1 Å². The van der Waals surface area contributed by atoms with Crippen molar-refractivity contribution in [1.29, 1.82) is 0 Å². The SMILES string of the molecule is Cc1ccc(-c2cc(Cl)nc(-c3ccccc3)n2)c(C)c1. The molecule has 3 rings (SSSR count). The van der Waals surface area contributed by atoms with E-state index < -0.39 is 0 Å². The van der Waals surface area contributed by atoms with E-state index in [0.717, 1.165) is 16.8 Å². The normalized spacial score (nSPS) is 10.6. The summed E-state index contributed by atoms with van der Waals surface area (Å²) in [7, 11) is 0. The van der Waals surface area contributed by atoms with Gasteiger partial charge in [-0.2, -0.15) is 0 Å². The topological polar surface area (TPSA) is 25.8 Å². The lowest BCUT2D eigenvalue weighted by atomic mass is 10.0. The molecule has 1 aromatic heterocycles. The summed E-state index contributed by atoms with van der Waals surface area (Å²) in [5.41, 5.74) is 5.32. The number of nitrogens with zero attached hydrogens (tertiary/aromatic N) is 2. The molecule has 1 heterocycles. The van der Waals surface area contributed by atoms with Crippen molar-refractivity contribution in [3.8, 4) is 22.6 Å². The van der Waals surface area contributed by atoms with Crippen molar-refractivity contribution in [3.05, 3.63) is 70.9 Å². The minimum Gasteiger partial charge on any atom is -0.228 e. The molecule has 0 N–H and O–H groups in total. The van der Waals surface area contributed by atoms with E-state index in [2.05, 4.69) is 42.0 Å². The van der Waals surface area contributed by atoms with Gasteiger partial charge in [0.05, 0.1) is 5.69 Å². The molecule has 21 heavy (non-hydrogen) atoms. The van der Waals surface area contributed by atoms with Crippen molar-refractivity contribution in [1.82, 2.24) is 9.97 Å². The van der Waals surface area contributed by atoms with Crippen LogP contribution in [0.25, 0.3) is 22.6 Å². The molecule has 0 amide bonds. The van der Waals surface area contributed by atoms with Crippen molar-refractivity contribution < 1.29 is 0 Å². The molecule has 2 nitrogen and oxygen atoms in total. The summed E-state index contributed by atoms with van der Waals surface area (Å²) in [6.45, 7) is 4.17. The molecule has 0 aliphatic carbocycles. The van der Waals surface area contributed by atoms with E-state index in [4.69, 9.17) is 11.6 Å². The molecule has 0 saturated carbocycles. The van der Waals surface area contributed by atoms with Crippen LogP contribution in [0.1, 0.15) is 11.1 Å². The lowest BCUT2D eigenvalue weighted by Crippen LogP contribution is -1.94. The maximum atomic E-state index is 6.18. The first-order valence-electron chi connectivity index (χ1n) is 6.81. The molecule has 104 valence electrons. The van der Waals surface area contributed by atoms with E-state index in [0.29, 0.717) is 11.0 Å². The van der Waals surface area contributed by atoms with Gasteiger partial charge in [-0.15, -0.1) is 0 Å². The Morgan fingerprint density at radius 2 is 1.62 bits per heavy atom. The van der Waals surface area contributed by atoms with Gasteiger partial charge in [-0.25, -0.2) is 9.97 Å². The average Bonchev–Trinajstić information content (AvgIpc) is 2.47. The molecule has 0 atom stereocenters. The van der Waals surface area contributed by atoms with Crippen molar-refractivity contribution in [2.45, 2.75) is 13.8 Å². The van der Waals surface area contributed by atoms with Crippen LogP contribution in [0.4, 0.5) is 0 Å². The van der Waals surface area contributed by atoms with Gasteiger partial charge < -0.3 is 0 Å². The Kier molecular flexibility index (Phi) is 3.72. The highest BCUT2D eigenvalue weighted by atomic mass is 35.5. The summed E-state index contributed by atoms with van der Waals surface area (Å²) in [6, 6.07) is 18.0. The van der Waals surface area contributed by atoms with Gasteiger partial charge in [0, 0.05) is 17.2 Å². The Labute approximate surface area is 129 Å². The number of aromatic nitrogens is 2. The van der Waals surface area contributed by atoms with E-state index in [1.807, 2.05) is 36.4 Å². The molecule has 0 radical (unpaired) electrons. The van der Waals surface area contributed by atoms with Crippen LogP contribution < -0.4 is 0 Å². The summed E-state index contributed by atoms with van der Waals surface area (Å²) >= 11 is 6.18. The Bertz CT molecular complexity index is 782. The fourth-order valence-electron chi connectivity index (χ4n) is 2.37. The van der Waals surface area contributed by atoms with Crippen LogP contribution in [-0.4, -0.2) is 9.97 Å². The minimum atomic E-state index is 0.457. The van der Waals surface area contributed by atoms with Gasteiger partial charge in [-0.3, -0.25) is 0 Å². The lowest BCUT2D eigenvalue weighted by Gasteiger charge is -2.09. The van der Waals surface area contributed by atoms with Crippen LogP contribution in [0, 0.1) is 13.8 Å². The number of rotatable bonds is 2. The molecule has 0 spiro atoms. The summed E-state index contributed by atoms with van der Waals surface area (Å²) in [5, 5.41) is 0.457. The Hall–Kier alpha value is -2.19. The molecule has 0 saturated heterocycles. The second kappa shape index (κ2) is 5.66. The van der Waals surface area contributed by atoms with Crippen molar-refractivity contribution >= 4 is 11.6 Å². The molecule has 3 heteroatoms. The van der Waals surface area contributed by atoms with Crippen LogP contribution >= 0.6 is 11.6 Å². The number of benzene rings is 2. The number of halogens is 1. The molecule has 0 unspecified atom stereocenters. The molecule has 2 aromatic carbocycles. The third-order valence-electron chi connectivity index (χ3n) is 3.38. The highest BCUT2D eigenvalue weighted by Crippen LogP contribution is 2.27. The summed E-state index contributed by atoms with van der Waals surface area (Å²) in [5.74, 6) is 0.651. The smallest absolute Gasteiger partial charge is 0.161 e. The maximum Gasteiger partial charge on any atom is 0.161 e. The predicted octanol–water partition coefficient (Wildman–Crippen LogP) is 5.08. The first-order chi connectivity index (χ1) is 10.1. The van der Waals surface area contributed by atoms with Gasteiger partial charge in [0.2, 0.25) is 0 Å². The molecule has 3 aromatic rings. The summed E-state index contributed by atoms with van der Waals surface area (Å²) in [4.78, 5) is 9.00. The van der Waals surface area contributed by atoms with Gasteiger partial charge in [0.1, 0.15) is 5.15 Å². The molecule has 0 aliphatic heterocycles. The van der Waals surface area contributed by atoms with Crippen LogP contribution in [0.15, 0.2) is 54.6 Å². The van der Waals surface area contributed by atoms with Crippen molar-refractivity contribution in [3.63, 3.8) is 0 Å². The van der Waals surface area contributed by atoms with Crippen LogP contribution in [-0.2, 0) is 0 Å². The highest BCUT2D eigenvalue weighted by Gasteiger charge is 2.09. The van der Waals surface area contributed by atoms with Crippen molar-refractivity contribution in [2.24, 2.45) is 0 Å². The monoisotopic (exact) mass is 294 g/mol. The highest BCUT2D eigenvalue weighted by molar-refractivity contribution is 6.29. The third-order valence-corrected chi connectivity index (χ3v) is 3.58. The number of hydrogen-bond donors (Lipinski definition) is 0. The Balaban J connectivity index is 2.14. The maximum absolute atomic E-state index is 6.18. The van der Waals surface area contributed by atoms with E-state index in [-0.39, 0.29) is 0 Å². The van der Waals surface area contributed by atoms with Gasteiger partial charge in [0.25, 0.3) is 0 Å². The van der Waals surface area contributed by atoms with Gasteiger partial charge in [0.15, 0.2) is 5.82 Å². The molecule has 0 aliphatic rings. The minimum absolute atomic E-state index is 0.457. The van der Waals surface area contributed by atoms with Crippen LogP contribution in [0.5, 0.6) is 0 Å². The van der Waals surface area contributed by atoms with Crippen molar-refractivity contribution in [2.75, 3.05) is 0 Å². The zero-order chi connectivity index (χ0) is 14.8. The van der Waals surface area contributed by atoms with Gasteiger partial charge in [-0.1, -0.05) is 65.7 Å². The molecular formula is C18H15ClN2. The van der Waals surface area contributed by atoms with E-state index in [9.17, 15) is 0 Å². The first-order valence-corrected chi connectivity index (χ1v) is 7.19. The average molecular weight is 295 g/mol. The van der Waals surface area contributed by atoms with Gasteiger partial charge in [-0.05, 0) is 19.4 Å². The molecule has 0 bridgehead atoms. The summed E-state index contributed by atoms with van der Waals surface area (Å²) in [6.07, 6.45) is 0. The van der Waals surface area contributed by atoms with Crippen LogP contribution in [0.3, 0.4) is 0 Å². The molecular weight excluding hydrogens is 280 g/mol. The van der Waals surface area contributed by atoms with E-state index in [1.54, 1.807) is 0 Å². The van der Waals surface area contributed by atoms with Gasteiger partial charge >= 0.3 is 0 Å². The standard InChI is InChI=1S/C18H15ClN2/c1-12-8-9-15(13(2)10-12)16-11-17(19)21-18(20-16)14-6-4-3-5-7-14/h3-11H,1-2H3. The first kappa shape index (κ1) is 13.8. The fourth-order valence-corrected chi connectivity index (χ4v) is 2.56. The summed E-state index contributed by atoms with van der Waals surface area (Å²) < 4.78 is 0. The quantitative estimate of drug-likeness (QED) is 0.616. The number of hydrogen-bond acceptors (Lipinski definition) is 2. The fraction of sp³-hybridized carbons (Fsp3) is 0.111. The lowest BCUT2D eigenvalue weighted by molar-refractivity contribution is 1.17. The predicted molar refractivity (Wildman–Crippen MR) is 87.4 cm³/mol. The Morgan fingerprint density at radius 3 is 2.33 bits per heavy atom.